The summed E-state index contributed by atoms with van der Waals surface area (Å²) in [6.07, 6.45) is 0.00501. The van der Waals surface area contributed by atoms with Crippen LogP contribution < -0.4 is 0 Å². The molecule has 0 unspecified atom stereocenters. The molecule has 0 amide bonds. The van der Waals surface area contributed by atoms with Gasteiger partial charge in [-0.05, 0) is 11.6 Å². The third kappa shape index (κ3) is 3.53. The maximum absolute atomic E-state index is 13.4. The number of rotatable bonds is 5. The maximum Gasteiger partial charge on any atom is 0.304 e. The van der Waals surface area contributed by atoms with Crippen LogP contribution in [0, 0.1) is 5.82 Å². The molecule has 1 aromatic rings. The first kappa shape index (κ1) is 13.6. The van der Waals surface area contributed by atoms with Crippen LogP contribution in [0.2, 0.25) is 0 Å². The van der Waals surface area contributed by atoms with E-state index in [0.29, 0.717) is 5.56 Å². The third-order valence-corrected chi connectivity index (χ3v) is 2.72. The molecule has 0 aliphatic carbocycles. The average Bonchev–Trinajstić information content (AvgIpc) is 2.19. The van der Waals surface area contributed by atoms with E-state index in [-0.39, 0.29) is 18.8 Å². The summed E-state index contributed by atoms with van der Waals surface area (Å²) >= 11 is 0. The van der Waals surface area contributed by atoms with Crippen molar-refractivity contribution < 1.29 is 19.0 Å². The molecule has 0 saturated carbocycles. The fourth-order valence-corrected chi connectivity index (χ4v) is 1.74. The first-order chi connectivity index (χ1) is 7.86. The summed E-state index contributed by atoms with van der Waals surface area (Å²) in [5, 5.41) is 8.84. The Hall–Kier alpha value is -1.42. The molecule has 1 rings (SSSR count). The topological polar surface area (TPSA) is 46.5 Å². The number of methoxy groups -OCH3 is 1. The molecule has 1 N–H and O–H groups in total. The van der Waals surface area contributed by atoms with Gasteiger partial charge in [-0.1, -0.05) is 26.0 Å². The average molecular weight is 240 g/mol. The van der Waals surface area contributed by atoms with Crippen molar-refractivity contribution in [3.8, 4) is 0 Å². The fraction of sp³-hybridized carbons (Fsp3) is 0.462. The van der Waals surface area contributed by atoms with E-state index in [4.69, 9.17) is 9.84 Å². The molecular formula is C13H17FO3. The molecule has 0 aliphatic heterocycles. The Morgan fingerprint density at radius 1 is 1.47 bits per heavy atom. The van der Waals surface area contributed by atoms with Crippen LogP contribution in [-0.4, -0.2) is 18.2 Å². The van der Waals surface area contributed by atoms with Crippen LogP contribution >= 0.6 is 0 Å². The predicted octanol–water partition coefficient (Wildman–Crippen LogP) is 2.72. The number of hydrogen-bond acceptors (Lipinski definition) is 2. The molecule has 0 spiro atoms. The van der Waals surface area contributed by atoms with Gasteiger partial charge in [-0.3, -0.25) is 4.79 Å². The Morgan fingerprint density at radius 3 is 2.65 bits per heavy atom. The smallest absolute Gasteiger partial charge is 0.304 e. The quantitative estimate of drug-likeness (QED) is 0.860. The minimum atomic E-state index is -0.868. The first-order valence-corrected chi connectivity index (χ1v) is 5.36. The minimum Gasteiger partial charge on any atom is -0.481 e. The van der Waals surface area contributed by atoms with Crippen LogP contribution in [0.3, 0.4) is 0 Å². The zero-order valence-corrected chi connectivity index (χ0v) is 10.3. The van der Waals surface area contributed by atoms with E-state index in [1.54, 1.807) is 12.1 Å². The van der Waals surface area contributed by atoms with Crippen molar-refractivity contribution in [2.24, 2.45) is 0 Å². The van der Waals surface area contributed by atoms with Crippen LogP contribution in [0.15, 0.2) is 18.2 Å². The number of ether oxygens (including phenoxy) is 1. The van der Waals surface area contributed by atoms with Crippen molar-refractivity contribution in [3.05, 3.63) is 35.1 Å². The maximum atomic E-state index is 13.4. The molecule has 17 heavy (non-hydrogen) atoms. The molecular weight excluding hydrogens is 223 g/mol. The Balaban J connectivity index is 3.05. The van der Waals surface area contributed by atoms with E-state index in [0.717, 1.165) is 5.56 Å². The minimum absolute atomic E-state index is 0.00501. The van der Waals surface area contributed by atoms with Crippen molar-refractivity contribution in [2.75, 3.05) is 7.11 Å². The highest BCUT2D eigenvalue weighted by Gasteiger charge is 2.24. The van der Waals surface area contributed by atoms with Crippen LogP contribution in [0.5, 0.6) is 0 Å². The summed E-state index contributed by atoms with van der Waals surface area (Å²) in [4.78, 5) is 10.8. The molecule has 0 radical (unpaired) electrons. The zero-order chi connectivity index (χ0) is 13.1. The lowest BCUT2D eigenvalue weighted by molar-refractivity contribution is -0.138. The molecule has 0 heterocycles. The molecule has 0 atom stereocenters. The third-order valence-electron chi connectivity index (χ3n) is 2.72. The van der Waals surface area contributed by atoms with Gasteiger partial charge in [-0.15, -0.1) is 0 Å². The lowest BCUT2D eigenvalue weighted by atomic mass is 9.81. The Kier molecular flexibility index (Phi) is 4.23. The highest BCUT2D eigenvalue weighted by atomic mass is 19.1. The normalized spacial score (nSPS) is 11.5. The molecule has 0 aliphatic rings. The number of benzene rings is 1. The summed E-state index contributed by atoms with van der Waals surface area (Å²) in [6, 6.07) is 4.65. The molecule has 0 saturated heterocycles. The van der Waals surface area contributed by atoms with E-state index in [9.17, 15) is 9.18 Å². The van der Waals surface area contributed by atoms with Crippen molar-refractivity contribution in [1.29, 1.82) is 0 Å². The van der Waals surface area contributed by atoms with E-state index in [2.05, 4.69) is 0 Å². The lowest BCUT2D eigenvalue weighted by Gasteiger charge is -2.23. The molecule has 0 fully saturated rings. The second-order valence-electron chi connectivity index (χ2n) is 4.69. The van der Waals surface area contributed by atoms with E-state index in [1.807, 2.05) is 13.8 Å². The largest absolute Gasteiger partial charge is 0.481 e. The van der Waals surface area contributed by atoms with Gasteiger partial charge < -0.3 is 9.84 Å². The lowest BCUT2D eigenvalue weighted by Crippen LogP contribution is -2.22. The van der Waals surface area contributed by atoms with E-state index >= 15 is 0 Å². The summed E-state index contributed by atoms with van der Waals surface area (Å²) in [6.45, 7) is 3.83. The summed E-state index contributed by atoms with van der Waals surface area (Å²) in [7, 11) is 1.49. The number of hydrogen-bond donors (Lipinski definition) is 1. The van der Waals surface area contributed by atoms with Gasteiger partial charge in [0.1, 0.15) is 5.82 Å². The summed E-state index contributed by atoms with van der Waals surface area (Å²) in [5.74, 6) is -1.20. The Labute approximate surface area is 100 Å². The monoisotopic (exact) mass is 240 g/mol. The number of aliphatic carboxylic acids is 1. The molecule has 1 aromatic carbocycles. The molecule has 94 valence electrons. The van der Waals surface area contributed by atoms with Gasteiger partial charge in [0.05, 0.1) is 13.0 Å². The number of carboxylic acids is 1. The van der Waals surface area contributed by atoms with Crippen LogP contribution in [-0.2, 0) is 21.6 Å². The van der Waals surface area contributed by atoms with Crippen LogP contribution in [0.4, 0.5) is 4.39 Å². The number of halogens is 1. The van der Waals surface area contributed by atoms with E-state index < -0.39 is 11.4 Å². The van der Waals surface area contributed by atoms with Crippen molar-refractivity contribution in [1.82, 2.24) is 0 Å². The van der Waals surface area contributed by atoms with Gasteiger partial charge in [0.25, 0.3) is 0 Å². The zero-order valence-electron chi connectivity index (χ0n) is 10.3. The molecule has 4 heteroatoms. The van der Waals surface area contributed by atoms with Gasteiger partial charge in [-0.2, -0.15) is 0 Å². The van der Waals surface area contributed by atoms with Gasteiger partial charge in [0.15, 0.2) is 0 Å². The van der Waals surface area contributed by atoms with E-state index in [1.165, 1.54) is 13.2 Å². The molecule has 0 aromatic heterocycles. The highest BCUT2D eigenvalue weighted by Crippen LogP contribution is 2.28. The second-order valence-corrected chi connectivity index (χ2v) is 4.69. The second kappa shape index (κ2) is 5.27. The van der Waals surface area contributed by atoms with Crippen molar-refractivity contribution in [3.63, 3.8) is 0 Å². The van der Waals surface area contributed by atoms with Crippen LogP contribution in [0.25, 0.3) is 0 Å². The van der Waals surface area contributed by atoms with Gasteiger partial charge >= 0.3 is 5.97 Å². The van der Waals surface area contributed by atoms with Gasteiger partial charge in [0, 0.05) is 18.1 Å². The summed E-state index contributed by atoms with van der Waals surface area (Å²) in [5.41, 5.74) is 0.721. The van der Waals surface area contributed by atoms with Crippen molar-refractivity contribution >= 4 is 5.97 Å². The Morgan fingerprint density at radius 2 is 2.12 bits per heavy atom. The molecule has 0 bridgehead atoms. The number of carbonyl (C=O) groups is 1. The van der Waals surface area contributed by atoms with Gasteiger partial charge in [0.2, 0.25) is 0 Å². The first-order valence-electron chi connectivity index (χ1n) is 5.36. The van der Waals surface area contributed by atoms with Crippen LogP contribution in [0.1, 0.15) is 31.4 Å². The summed E-state index contributed by atoms with van der Waals surface area (Å²) < 4.78 is 18.3. The highest BCUT2D eigenvalue weighted by molar-refractivity contribution is 5.68. The van der Waals surface area contributed by atoms with Crippen molar-refractivity contribution in [2.45, 2.75) is 32.3 Å². The SMILES string of the molecule is COCc1cc(C(C)(C)CC(=O)O)ccc1F. The van der Waals surface area contributed by atoms with Gasteiger partial charge in [-0.25, -0.2) is 4.39 Å². The fourth-order valence-electron chi connectivity index (χ4n) is 1.74. The molecule has 3 nitrogen and oxygen atoms in total. The standard InChI is InChI=1S/C13H17FO3/c1-13(2,7-12(15)16)10-4-5-11(14)9(6-10)8-17-3/h4-6H,7-8H2,1-3H3,(H,15,16). The Bertz CT molecular complexity index is 413. The number of carboxylic acid groups (broad SMARTS) is 1. The predicted molar refractivity (Wildman–Crippen MR) is 62.4 cm³/mol.